The Labute approximate surface area is 170 Å². The molecule has 4 saturated carbocycles. The fourth-order valence-corrected chi connectivity index (χ4v) is 7.43. The predicted octanol–water partition coefficient (Wildman–Crippen LogP) is 4.75. The van der Waals surface area contributed by atoms with Gasteiger partial charge in [0.15, 0.2) is 0 Å². The monoisotopic (exact) mass is 390 g/mol. The van der Waals surface area contributed by atoms with Gasteiger partial charge in [-0.3, -0.25) is 4.79 Å². The molecule has 0 spiro atoms. The average molecular weight is 391 g/mol. The van der Waals surface area contributed by atoms with Crippen LogP contribution in [0.15, 0.2) is 0 Å². The Hall–Kier alpha value is -0.610. The van der Waals surface area contributed by atoms with Gasteiger partial charge in [-0.25, -0.2) is 0 Å². The van der Waals surface area contributed by atoms with E-state index in [0.717, 1.165) is 50.0 Å². The minimum atomic E-state index is -0.0241. The lowest BCUT2D eigenvalue weighted by Gasteiger charge is -2.47. The lowest BCUT2D eigenvalue weighted by atomic mass is 9.59. The zero-order chi connectivity index (χ0) is 19.4. The molecule has 4 nitrogen and oxygen atoms in total. The zero-order valence-electron chi connectivity index (χ0n) is 17.8. The van der Waals surface area contributed by atoms with E-state index in [1.165, 1.54) is 38.5 Å². The molecule has 1 heterocycles. The Kier molecular flexibility index (Phi) is 5.02. The average Bonchev–Trinajstić information content (AvgIpc) is 3.28. The molecule has 0 aromatic rings. The Morgan fingerprint density at radius 3 is 2.79 bits per heavy atom. The van der Waals surface area contributed by atoms with Crippen molar-refractivity contribution in [2.75, 3.05) is 19.8 Å². The summed E-state index contributed by atoms with van der Waals surface area (Å²) < 4.78 is 17.1. The van der Waals surface area contributed by atoms with Crippen molar-refractivity contribution in [3.05, 3.63) is 0 Å². The first-order valence-corrected chi connectivity index (χ1v) is 11.9. The van der Waals surface area contributed by atoms with Gasteiger partial charge in [-0.05, 0) is 86.4 Å². The summed E-state index contributed by atoms with van der Waals surface area (Å²) in [5.41, 5.74) is 1.01. The molecule has 4 aliphatic carbocycles. The molecule has 0 aromatic carbocycles. The van der Waals surface area contributed by atoms with Crippen molar-refractivity contribution in [1.82, 2.24) is 0 Å². The first-order valence-electron chi connectivity index (χ1n) is 11.9. The summed E-state index contributed by atoms with van der Waals surface area (Å²) in [6.07, 6.45) is 12.9. The van der Waals surface area contributed by atoms with E-state index in [4.69, 9.17) is 14.2 Å². The SMILES string of the molecule is CC1(COCCCOC(=O)C2CCC3OC3C2)CCC2[C@H](C1)C1CCC2(C)C1. The molecule has 8 atom stereocenters. The van der Waals surface area contributed by atoms with Gasteiger partial charge in [0.1, 0.15) is 0 Å². The molecule has 1 aliphatic heterocycles. The largest absolute Gasteiger partial charge is 0.465 e. The number of esters is 1. The lowest BCUT2D eigenvalue weighted by molar-refractivity contribution is -0.150. The van der Waals surface area contributed by atoms with Crippen molar-refractivity contribution in [2.45, 2.75) is 90.3 Å². The van der Waals surface area contributed by atoms with Gasteiger partial charge in [0, 0.05) is 13.0 Å². The van der Waals surface area contributed by atoms with Gasteiger partial charge in [0.25, 0.3) is 0 Å². The van der Waals surface area contributed by atoms with Crippen LogP contribution in [0.1, 0.15) is 78.1 Å². The summed E-state index contributed by atoms with van der Waals surface area (Å²) in [6, 6.07) is 0. The number of hydrogen-bond donors (Lipinski definition) is 0. The summed E-state index contributed by atoms with van der Waals surface area (Å²) >= 11 is 0. The van der Waals surface area contributed by atoms with E-state index in [-0.39, 0.29) is 11.9 Å². The number of hydrogen-bond acceptors (Lipinski definition) is 4. The van der Waals surface area contributed by atoms with Crippen molar-refractivity contribution in [3.8, 4) is 0 Å². The Morgan fingerprint density at radius 2 is 1.93 bits per heavy atom. The fraction of sp³-hybridized carbons (Fsp3) is 0.958. The molecule has 0 aromatic heterocycles. The Morgan fingerprint density at radius 1 is 1.04 bits per heavy atom. The second-order valence-corrected chi connectivity index (χ2v) is 11.3. The highest BCUT2D eigenvalue weighted by atomic mass is 16.6. The van der Waals surface area contributed by atoms with Crippen LogP contribution in [-0.4, -0.2) is 38.0 Å². The maximum atomic E-state index is 12.2. The van der Waals surface area contributed by atoms with Gasteiger partial charge >= 0.3 is 5.97 Å². The van der Waals surface area contributed by atoms with Crippen molar-refractivity contribution in [3.63, 3.8) is 0 Å². The normalized spacial score (nSPS) is 48.8. The van der Waals surface area contributed by atoms with E-state index in [9.17, 15) is 4.79 Å². The fourth-order valence-electron chi connectivity index (χ4n) is 7.43. The lowest BCUT2D eigenvalue weighted by Crippen LogP contribution is -2.40. The van der Waals surface area contributed by atoms with Gasteiger partial charge in [-0.15, -0.1) is 0 Å². The zero-order valence-corrected chi connectivity index (χ0v) is 17.8. The second-order valence-electron chi connectivity index (χ2n) is 11.3. The van der Waals surface area contributed by atoms with Crippen molar-refractivity contribution < 1.29 is 19.0 Å². The molecule has 5 fully saturated rings. The molecule has 5 rings (SSSR count). The van der Waals surface area contributed by atoms with Crippen LogP contribution in [0.4, 0.5) is 0 Å². The van der Waals surface area contributed by atoms with Crippen LogP contribution in [0.25, 0.3) is 0 Å². The van der Waals surface area contributed by atoms with E-state index in [2.05, 4.69) is 13.8 Å². The predicted molar refractivity (Wildman–Crippen MR) is 107 cm³/mol. The molecular formula is C24H38O4. The van der Waals surface area contributed by atoms with Gasteiger partial charge in [-0.1, -0.05) is 13.8 Å². The summed E-state index contributed by atoms with van der Waals surface area (Å²) in [7, 11) is 0. The number of epoxide rings is 1. The van der Waals surface area contributed by atoms with Crippen molar-refractivity contribution in [2.24, 2.45) is 34.5 Å². The summed E-state index contributed by atoms with van der Waals surface area (Å²) in [4.78, 5) is 12.2. The molecule has 158 valence electrons. The van der Waals surface area contributed by atoms with Crippen molar-refractivity contribution >= 4 is 5.97 Å². The van der Waals surface area contributed by atoms with Gasteiger partial charge in [0.05, 0.1) is 31.3 Å². The second kappa shape index (κ2) is 7.27. The van der Waals surface area contributed by atoms with Gasteiger partial charge in [0.2, 0.25) is 0 Å². The molecular weight excluding hydrogens is 352 g/mol. The van der Waals surface area contributed by atoms with E-state index in [1.54, 1.807) is 0 Å². The molecule has 1 saturated heterocycles. The van der Waals surface area contributed by atoms with E-state index < -0.39 is 0 Å². The quantitative estimate of drug-likeness (QED) is 0.358. The van der Waals surface area contributed by atoms with Gasteiger partial charge in [-0.2, -0.15) is 0 Å². The number of carbonyl (C=O) groups excluding carboxylic acids is 1. The highest BCUT2D eigenvalue weighted by molar-refractivity contribution is 5.72. The maximum Gasteiger partial charge on any atom is 0.309 e. The smallest absolute Gasteiger partial charge is 0.309 e. The van der Waals surface area contributed by atoms with Crippen LogP contribution in [0.5, 0.6) is 0 Å². The van der Waals surface area contributed by atoms with Crippen LogP contribution >= 0.6 is 0 Å². The number of rotatable bonds is 7. The highest BCUT2D eigenvalue weighted by Crippen LogP contribution is 2.66. The van der Waals surface area contributed by atoms with Crippen LogP contribution < -0.4 is 0 Å². The molecule has 0 amide bonds. The number of fused-ring (bicyclic) bond motifs is 6. The van der Waals surface area contributed by atoms with Crippen LogP contribution in [0.2, 0.25) is 0 Å². The number of carbonyl (C=O) groups is 1. The third-order valence-electron chi connectivity index (χ3n) is 9.08. The molecule has 4 heteroatoms. The van der Waals surface area contributed by atoms with E-state index in [0.29, 0.717) is 36.3 Å². The minimum absolute atomic E-state index is 0.0241. The van der Waals surface area contributed by atoms with Crippen LogP contribution in [-0.2, 0) is 19.0 Å². The van der Waals surface area contributed by atoms with E-state index >= 15 is 0 Å². The third-order valence-corrected chi connectivity index (χ3v) is 9.08. The first-order chi connectivity index (χ1) is 13.5. The summed E-state index contributed by atoms with van der Waals surface area (Å²) in [6.45, 7) is 7.06. The topological polar surface area (TPSA) is 48.1 Å². The highest BCUT2D eigenvalue weighted by Gasteiger charge is 2.57. The van der Waals surface area contributed by atoms with Gasteiger partial charge < -0.3 is 14.2 Å². The Balaban J connectivity index is 0.985. The van der Waals surface area contributed by atoms with Crippen LogP contribution in [0, 0.1) is 34.5 Å². The third kappa shape index (κ3) is 3.64. The summed E-state index contributed by atoms with van der Waals surface area (Å²) in [5, 5.41) is 0. The Bertz CT molecular complexity index is 605. The first kappa shape index (κ1) is 19.4. The molecule has 0 radical (unpaired) electrons. The maximum absolute atomic E-state index is 12.2. The molecule has 0 N–H and O–H groups in total. The van der Waals surface area contributed by atoms with E-state index in [1.807, 2.05) is 0 Å². The summed E-state index contributed by atoms with van der Waals surface area (Å²) in [5.74, 6) is 2.96. The standard InChI is InChI=1S/C24H38O4/c1-23(8-7-19-18(14-23)17-6-9-24(19,2)13-17)15-26-10-3-11-27-22(25)16-4-5-20-21(12-16)28-20/h16-21H,3-15H2,1-2H3/t16?,17?,18-,19?,20?,21?,23?,24?/m1/s1. The molecule has 5 aliphatic rings. The van der Waals surface area contributed by atoms with Crippen LogP contribution in [0.3, 0.4) is 0 Å². The number of ether oxygens (including phenoxy) is 3. The van der Waals surface area contributed by atoms with Crippen molar-refractivity contribution in [1.29, 1.82) is 0 Å². The minimum Gasteiger partial charge on any atom is -0.465 e. The molecule has 2 bridgehead atoms. The molecule has 28 heavy (non-hydrogen) atoms. The molecule has 7 unspecified atom stereocenters.